The van der Waals surface area contributed by atoms with Gasteiger partial charge in [-0.3, -0.25) is 5.32 Å². The molecule has 12 heavy (non-hydrogen) atoms. The van der Waals surface area contributed by atoms with E-state index >= 15 is 0 Å². The predicted molar refractivity (Wildman–Crippen MR) is 47.4 cm³/mol. The van der Waals surface area contributed by atoms with Gasteiger partial charge in [-0.2, -0.15) is 0 Å². The third kappa shape index (κ3) is 0.901. The SMILES string of the molecule is C=C1CC2(CCNC2O)NC1=C. The summed E-state index contributed by atoms with van der Waals surface area (Å²) in [4.78, 5) is 0. The van der Waals surface area contributed by atoms with Gasteiger partial charge in [-0.05, 0) is 18.5 Å². The first kappa shape index (κ1) is 7.83. The van der Waals surface area contributed by atoms with Crippen molar-refractivity contribution in [3.8, 4) is 0 Å². The summed E-state index contributed by atoms with van der Waals surface area (Å²) < 4.78 is 0. The van der Waals surface area contributed by atoms with E-state index < -0.39 is 6.23 Å². The van der Waals surface area contributed by atoms with E-state index in [4.69, 9.17) is 0 Å². The lowest BCUT2D eigenvalue weighted by Gasteiger charge is -2.26. The average Bonchev–Trinajstić information content (AvgIpc) is 2.45. The van der Waals surface area contributed by atoms with Gasteiger partial charge >= 0.3 is 0 Å². The summed E-state index contributed by atoms with van der Waals surface area (Å²) in [5.74, 6) is 0. The number of aliphatic hydroxyl groups is 1. The van der Waals surface area contributed by atoms with Crippen LogP contribution in [0.15, 0.2) is 24.4 Å². The van der Waals surface area contributed by atoms with Gasteiger partial charge < -0.3 is 10.4 Å². The Labute approximate surface area is 72.2 Å². The summed E-state index contributed by atoms with van der Waals surface area (Å²) in [7, 11) is 0. The molecule has 0 aromatic rings. The number of hydrogen-bond donors (Lipinski definition) is 3. The van der Waals surface area contributed by atoms with Crippen LogP contribution in [-0.4, -0.2) is 23.4 Å². The van der Waals surface area contributed by atoms with E-state index in [0.717, 1.165) is 30.7 Å². The predicted octanol–water partition coefficient (Wildman–Crippen LogP) is 0.100. The molecule has 2 fully saturated rings. The molecule has 2 aliphatic heterocycles. The molecule has 66 valence electrons. The summed E-state index contributed by atoms with van der Waals surface area (Å²) >= 11 is 0. The van der Waals surface area contributed by atoms with Gasteiger partial charge in [0.05, 0.1) is 5.54 Å². The quantitative estimate of drug-likeness (QED) is 0.478. The molecular formula is C9H14N2O. The highest BCUT2D eigenvalue weighted by Gasteiger charge is 2.46. The van der Waals surface area contributed by atoms with Crippen molar-refractivity contribution in [2.75, 3.05) is 6.54 Å². The minimum absolute atomic E-state index is 0.214. The topological polar surface area (TPSA) is 44.3 Å². The first-order valence-electron chi connectivity index (χ1n) is 4.21. The molecule has 0 radical (unpaired) electrons. The molecular weight excluding hydrogens is 152 g/mol. The Kier molecular flexibility index (Phi) is 1.53. The van der Waals surface area contributed by atoms with Crippen LogP contribution in [0.1, 0.15) is 12.8 Å². The second-order valence-electron chi connectivity index (χ2n) is 3.65. The standard InChI is InChI=1S/C9H14N2O/c1-6-5-9(11-7(6)2)3-4-10-8(9)12/h8,10-12H,1-5H2. The Hall–Kier alpha value is -0.800. The van der Waals surface area contributed by atoms with Crippen molar-refractivity contribution in [1.29, 1.82) is 0 Å². The molecule has 3 heteroatoms. The van der Waals surface area contributed by atoms with Crippen LogP contribution in [0.4, 0.5) is 0 Å². The van der Waals surface area contributed by atoms with Crippen molar-refractivity contribution in [3.63, 3.8) is 0 Å². The zero-order chi connectivity index (χ0) is 8.77. The smallest absolute Gasteiger partial charge is 0.128 e. The van der Waals surface area contributed by atoms with Crippen molar-refractivity contribution < 1.29 is 5.11 Å². The minimum atomic E-state index is -0.464. The molecule has 2 saturated heterocycles. The molecule has 0 aromatic heterocycles. The number of hydrogen-bond acceptors (Lipinski definition) is 3. The third-order valence-electron chi connectivity index (χ3n) is 2.79. The monoisotopic (exact) mass is 166 g/mol. The Bertz CT molecular complexity index is 231. The first-order chi connectivity index (χ1) is 5.64. The van der Waals surface area contributed by atoms with E-state index in [2.05, 4.69) is 23.8 Å². The fourth-order valence-electron chi connectivity index (χ4n) is 2.00. The third-order valence-corrected chi connectivity index (χ3v) is 2.79. The zero-order valence-electron chi connectivity index (χ0n) is 7.06. The summed E-state index contributed by atoms with van der Waals surface area (Å²) in [5, 5.41) is 15.9. The maximum atomic E-state index is 9.66. The lowest BCUT2D eigenvalue weighted by Crippen LogP contribution is -2.49. The minimum Gasteiger partial charge on any atom is -0.376 e. The van der Waals surface area contributed by atoms with Crippen molar-refractivity contribution in [2.45, 2.75) is 24.6 Å². The highest BCUT2D eigenvalue weighted by atomic mass is 16.3. The second-order valence-corrected chi connectivity index (χ2v) is 3.65. The molecule has 0 aliphatic carbocycles. The Morgan fingerprint density at radius 1 is 1.50 bits per heavy atom. The summed E-state index contributed by atoms with van der Waals surface area (Å²) in [6, 6.07) is 0. The maximum absolute atomic E-state index is 9.66. The molecule has 0 amide bonds. The van der Waals surface area contributed by atoms with E-state index in [1.807, 2.05) is 0 Å². The number of aliphatic hydroxyl groups excluding tert-OH is 1. The van der Waals surface area contributed by atoms with E-state index in [1.165, 1.54) is 0 Å². The largest absolute Gasteiger partial charge is 0.376 e. The van der Waals surface area contributed by atoms with E-state index in [1.54, 1.807) is 0 Å². The van der Waals surface area contributed by atoms with Gasteiger partial charge in [-0.1, -0.05) is 13.2 Å². The summed E-state index contributed by atoms with van der Waals surface area (Å²) in [6.07, 6.45) is 1.28. The molecule has 2 atom stereocenters. The normalized spacial score (nSPS) is 40.9. The molecule has 2 heterocycles. The van der Waals surface area contributed by atoms with Crippen molar-refractivity contribution in [3.05, 3.63) is 24.4 Å². The van der Waals surface area contributed by atoms with Crippen LogP contribution in [-0.2, 0) is 0 Å². The van der Waals surface area contributed by atoms with Crippen molar-refractivity contribution in [1.82, 2.24) is 10.6 Å². The van der Waals surface area contributed by atoms with Crippen LogP contribution >= 0.6 is 0 Å². The molecule has 2 aliphatic rings. The van der Waals surface area contributed by atoms with Crippen LogP contribution in [0.3, 0.4) is 0 Å². The van der Waals surface area contributed by atoms with Gasteiger partial charge in [0.2, 0.25) is 0 Å². The highest BCUT2D eigenvalue weighted by Crippen LogP contribution is 2.35. The fourth-order valence-corrected chi connectivity index (χ4v) is 2.00. The lowest BCUT2D eigenvalue weighted by atomic mass is 9.93. The number of nitrogens with one attached hydrogen (secondary N) is 2. The van der Waals surface area contributed by atoms with Crippen LogP contribution < -0.4 is 10.6 Å². The Balaban J connectivity index is 2.24. The van der Waals surface area contributed by atoms with Crippen LogP contribution in [0.5, 0.6) is 0 Å². The Morgan fingerprint density at radius 3 is 2.67 bits per heavy atom. The van der Waals surface area contributed by atoms with Gasteiger partial charge in [0.15, 0.2) is 0 Å². The van der Waals surface area contributed by atoms with Gasteiger partial charge in [0.1, 0.15) is 6.23 Å². The summed E-state index contributed by atoms with van der Waals surface area (Å²) in [5.41, 5.74) is 1.67. The summed E-state index contributed by atoms with van der Waals surface area (Å²) in [6.45, 7) is 8.58. The fraction of sp³-hybridized carbons (Fsp3) is 0.556. The molecule has 3 N–H and O–H groups in total. The molecule has 2 rings (SSSR count). The zero-order valence-corrected chi connectivity index (χ0v) is 7.06. The number of rotatable bonds is 0. The lowest BCUT2D eigenvalue weighted by molar-refractivity contribution is 0.0836. The van der Waals surface area contributed by atoms with E-state index in [0.29, 0.717) is 0 Å². The molecule has 2 unspecified atom stereocenters. The van der Waals surface area contributed by atoms with Crippen LogP contribution in [0, 0.1) is 0 Å². The van der Waals surface area contributed by atoms with Gasteiger partial charge in [0.25, 0.3) is 0 Å². The van der Waals surface area contributed by atoms with E-state index in [9.17, 15) is 5.11 Å². The number of allylic oxidation sites excluding steroid dienone is 1. The van der Waals surface area contributed by atoms with Gasteiger partial charge in [0, 0.05) is 12.1 Å². The van der Waals surface area contributed by atoms with Crippen molar-refractivity contribution in [2.24, 2.45) is 0 Å². The molecule has 0 aromatic carbocycles. The van der Waals surface area contributed by atoms with Crippen LogP contribution in [0.2, 0.25) is 0 Å². The first-order valence-corrected chi connectivity index (χ1v) is 4.21. The molecule has 1 spiro atoms. The second kappa shape index (κ2) is 2.34. The maximum Gasteiger partial charge on any atom is 0.128 e. The van der Waals surface area contributed by atoms with Gasteiger partial charge in [-0.25, -0.2) is 0 Å². The average molecular weight is 166 g/mol. The van der Waals surface area contributed by atoms with Crippen molar-refractivity contribution >= 4 is 0 Å². The van der Waals surface area contributed by atoms with E-state index in [-0.39, 0.29) is 5.54 Å². The van der Waals surface area contributed by atoms with Gasteiger partial charge in [-0.15, -0.1) is 0 Å². The molecule has 0 bridgehead atoms. The molecule has 0 saturated carbocycles. The Morgan fingerprint density at radius 2 is 2.25 bits per heavy atom. The molecule has 3 nitrogen and oxygen atoms in total. The highest BCUT2D eigenvalue weighted by molar-refractivity contribution is 5.35. The van der Waals surface area contributed by atoms with Crippen LogP contribution in [0.25, 0.3) is 0 Å².